The first-order chi connectivity index (χ1) is 9.34. The van der Waals surface area contributed by atoms with Crippen molar-refractivity contribution in [3.63, 3.8) is 0 Å². The minimum atomic E-state index is -0.647. The van der Waals surface area contributed by atoms with Crippen LogP contribution in [0.2, 0.25) is 0 Å². The summed E-state index contributed by atoms with van der Waals surface area (Å²) in [6.07, 6.45) is 1.54. The Kier molecular flexibility index (Phi) is 3.33. The molecule has 1 unspecified atom stereocenters. The van der Waals surface area contributed by atoms with Gasteiger partial charge in [0, 0.05) is 23.9 Å². The van der Waals surface area contributed by atoms with Gasteiger partial charge in [-0.15, -0.1) is 0 Å². The zero-order valence-corrected chi connectivity index (χ0v) is 10.5. The van der Waals surface area contributed by atoms with Gasteiger partial charge in [0.25, 0.3) is 0 Å². The van der Waals surface area contributed by atoms with E-state index in [1.165, 1.54) is 0 Å². The van der Waals surface area contributed by atoms with Crippen LogP contribution in [0, 0.1) is 0 Å². The van der Waals surface area contributed by atoms with Crippen LogP contribution < -0.4 is 9.47 Å². The topological polar surface area (TPSA) is 51.6 Å². The lowest BCUT2D eigenvalue weighted by Crippen LogP contribution is -2.17. The number of para-hydroxylation sites is 1. The van der Waals surface area contributed by atoms with Gasteiger partial charge >= 0.3 is 0 Å². The fourth-order valence-corrected chi connectivity index (χ4v) is 2.19. The van der Waals surface area contributed by atoms with Gasteiger partial charge in [0.05, 0.1) is 6.10 Å². The van der Waals surface area contributed by atoms with E-state index >= 15 is 0 Å². The van der Waals surface area contributed by atoms with Crippen molar-refractivity contribution in [1.29, 1.82) is 0 Å². The largest absolute Gasteiger partial charge is 0.486 e. The number of ether oxygens (including phenoxy) is 2. The maximum Gasteiger partial charge on any atom is 0.167 e. The molecule has 98 valence electrons. The van der Waals surface area contributed by atoms with E-state index in [1.807, 2.05) is 36.4 Å². The molecular formula is C15H15NO3. The Labute approximate surface area is 111 Å². The van der Waals surface area contributed by atoms with Crippen LogP contribution in [0.5, 0.6) is 11.5 Å². The highest BCUT2D eigenvalue weighted by atomic mass is 16.6. The number of nitrogens with zero attached hydrogens (tertiary/aromatic N) is 1. The second-order valence-electron chi connectivity index (χ2n) is 4.41. The monoisotopic (exact) mass is 257 g/mol. The zero-order valence-electron chi connectivity index (χ0n) is 10.5. The maximum absolute atomic E-state index is 10.4. The minimum Gasteiger partial charge on any atom is -0.486 e. The van der Waals surface area contributed by atoms with Crippen LogP contribution in [0.3, 0.4) is 0 Å². The van der Waals surface area contributed by atoms with Crippen molar-refractivity contribution in [2.24, 2.45) is 0 Å². The molecule has 0 bridgehead atoms. The molecule has 1 aromatic heterocycles. The van der Waals surface area contributed by atoms with E-state index in [0.717, 1.165) is 11.3 Å². The number of hydrogen-bond acceptors (Lipinski definition) is 4. The molecule has 2 aromatic rings. The van der Waals surface area contributed by atoms with Gasteiger partial charge in [-0.25, -0.2) is 0 Å². The first-order valence-electron chi connectivity index (χ1n) is 6.31. The average molecular weight is 257 g/mol. The summed E-state index contributed by atoms with van der Waals surface area (Å²) in [6, 6.07) is 11.2. The maximum atomic E-state index is 10.4. The first kappa shape index (κ1) is 12.0. The lowest BCUT2D eigenvalue weighted by molar-refractivity contribution is 0.145. The predicted molar refractivity (Wildman–Crippen MR) is 70.3 cm³/mol. The van der Waals surface area contributed by atoms with Crippen LogP contribution >= 0.6 is 0 Å². The third-order valence-corrected chi connectivity index (χ3v) is 3.08. The molecule has 19 heavy (non-hydrogen) atoms. The molecule has 0 spiro atoms. The Hall–Kier alpha value is -2.07. The molecule has 1 aromatic carbocycles. The lowest BCUT2D eigenvalue weighted by atomic mass is 10.0. The number of rotatable bonds is 3. The SMILES string of the molecule is OC(Cc1ccccn1)c1cccc2c1OCCO2. The van der Waals surface area contributed by atoms with E-state index in [4.69, 9.17) is 9.47 Å². The summed E-state index contributed by atoms with van der Waals surface area (Å²) < 4.78 is 11.1. The van der Waals surface area contributed by atoms with Gasteiger partial charge in [-0.05, 0) is 18.2 Å². The molecule has 0 fully saturated rings. The highest BCUT2D eigenvalue weighted by Gasteiger charge is 2.20. The normalized spacial score (nSPS) is 15.0. The molecule has 4 heteroatoms. The van der Waals surface area contributed by atoms with Gasteiger partial charge < -0.3 is 14.6 Å². The Bertz CT molecular complexity index is 557. The summed E-state index contributed by atoms with van der Waals surface area (Å²) in [5.41, 5.74) is 1.60. The molecule has 1 N–H and O–H groups in total. The van der Waals surface area contributed by atoms with E-state index in [0.29, 0.717) is 31.1 Å². The van der Waals surface area contributed by atoms with E-state index in [2.05, 4.69) is 4.98 Å². The number of benzene rings is 1. The van der Waals surface area contributed by atoms with Crippen molar-refractivity contribution >= 4 is 0 Å². The van der Waals surface area contributed by atoms with Gasteiger partial charge in [-0.1, -0.05) is 18.2 Å². The number of fused-ring (bicyclic) bond motifs is 1. The van der Waals surface area contributed by atoms with Crippen LogP contribution in [0.15, 0.2) is 42.6 Å². The standard InChI is InChI=1S/C15H15NO3/c17-13(10-11-4-1-2-7-16-11)12-5-3-6-14-15(12)19-9-8-18-14/h1-7,13,17H,8-10H2. The minimum absolute atomic E-state index is 0.459. The van der Waals surface area contributed by atoms with E-state index in [1.54, 1.807) is 6.20 Å². The van der Waals surface area contributed by atoms with Crippen LogP contribution in [0.25, 0.3) is 0 Å². The molecule has 2 heterocycles. The second kappa shape index (κ2) is 5.28. The number of aliphatic hydroxyl groups is 1. The number of pyridine rings is 1. The van der Waals surface area contributed by atoms with Crippen LogP contribution in [0.1, 0.15) is 17.4 Å². The van der Waals surface area contributed by atoms with E-state index in [9.17, 15) is 5.11 Å². The third kappa shape index (κ3) is 2.53. The van der Waals surface area contributed by atoms with Crippen LogP contribution in [0.4, 0.5) is 0 Å². The summed E-state index contributed by atoms with van der Waals surface area (Å²) in [5.74, 6) is 1.35. The number of aromatic nitrogens is 1. The molecule has 0 radical (unpaired) electrons. The van der Waals surface area contributed by atoms with Crippen LogP contribution in [-0.2, 0) is 6.42 Å². The van der Waals surface area contributed by atoms with Crippen molar-refractivity contribution in [2.75, 3.05) is 13.2 Å². The Morgan fingerprint density at radius 1 is 1.11 bits per heavy atom. The molecule has 1 aliphatic heterocycles. The smallest absolute Gasteiger partial charge is 0.167 e. The van der Waals surface area contributed by atoms with Crippen LogP contribution in [-0.4, -0.2) is 23.3 Å². The molecule has 0 saturated heterocycles. The van der Waals surface area contributed by atoms with Crippen molar-refractivity contribution in [1.82, 2.24) is 4.98 Å². The van der Waals surface area contributed by atoms with E-state index in [-0.39, 0.29) is 0 Å². The van der Waals surface area contributed by atoms with Crippen molar-refractivity contribution in [2.45, 2.75) is 12.5 Å². The van der Waals surface area contributed by atoms with Gasteiger partial charge in [0.1, 0.15) is 13.2 Å². The Morgan fingerprint density at radius 2 is 2.00 bits per heavy atom. The highest BCUT2D eigenvalue weighted by molar-refractivity contribution is 5.48. The average Bonchev–Trinajstić information content (AvgIpc) is 2.47. The zero-order chi connectivity index (χ0) is 13.1. The molecule has 1 atom stereocenters. The highest BCUT2D eigenvalue weighted by Crippen LogP contribution is 2.37. The summed E-state index contributed by atoms with van der Waals surface area (Å²) in [4.78, 5) is 4.22. The first-order valence-corrected chi connectivity index (χ1v) is 6.31. The number of hydrogen-bond donors (Lipinski definition) is 1. The molecule has 0 amide bonds. The summed E-state index contributed by atoms with van der Waals surface area (Å²) >= 11 is 0. The second-order valence-corrected chi connectivity index (χ2v) is 4.41. The van der Waals surface area contributed by atoms with Gasteiger partial charge in [0.15, 0.2) is 11.5 Å². The fourth-order valence-electron chi connectivity index (χ4n) is 2.19. The van der Waals surface area contributed by atoms with E-state index < -0.39 is 6.10 Å². The van der Waals surface area contributed by atoms with Crippen molar-refractivity contribution in [3.05, 3.63) is 53.9 Å². The molecule has 0 saturated carbocycles. The van der Waals surface area contributed by atoms with Crippen molar-refractivity contribution in [3.8, 4) is 11.5 Å². The summed E-state index contributed by atoms with van der Waals surface area (Å²) in [7, 11) is 0. The molecular weight excluding hydrogens is 242 g/mol. The lowest BCUT2D eigenvalue weighted by Gasteiger charge is -2.23. The molecule has 0 aliphatic carbocycles. The molecule has 3 rings (SSSR count). The quantitative estimate of drug-likeness (QED) is 0.915. The molecule has 1 aliphatic rings. The van der Waals surface area contributed by atoms with Gasteiger partial charge in [0.2, 0.25) is 0 Å². The van der Waals surface area contributed by atoms with Gasteiger partial charge in [-0.3, -0.25) is 4.98 Å². The van der Waals surface area contributed by atoms with Gasteiger partial charge in [-0.2, -0.15) is 0 Å². The molecule has 4 nitrogen and oxygen atoms in total. The summed E-state index contributed by atoms with van der Waals surface area (Å²) in [5, 5.41) is 10.4. The third-order valence-electron chi connectivity index (χ3n) is 3.08. The Morgan fingerprint density at radius 3 is 2.84 bits per heavy atom. The Balaban J connectivity index is 1.86. The summed E-state index contributed by atoms with van der Waals surface area (Å²) in [6.45, 7) is 1.06. The van der Waals surface area contributed by atoms with Crippen molar-refractivity contribution < 1.29 is 14.6 Å². The fraction of sp³-hybridized carbons (Fsp3) is 0.267. The predicted octanol–water partition coefficient (Wildman–Crippen LogP) is 2.13. The number of aliphatic hydroxyl groups excluding tert-OH is 1.